The zero-order valence-corrected chi connectivity index (χ0v) is 18.9. The fraction of sp³-hybridized carbons (Fsp3) is 0.304. The summed E-state index contributed by atoms with van der Waals surface area (Å²) in [7, 11) is 0. The van der Waals surface area contributed by atoms with Gasteiger partial charge in [-0.2, -0.15) is 0 Å². The molecule has 0 saturated carbocycles. The van der Waals surface area contributed by atoms with Crippen LogP contribution in [0.25, 0.3) is 10.2 Å². The van der Waals surface area contributed by atoms with Crippen LogP contribution in [0.15, 0.2) is 47.6 Å². The Kier molecular flexibility index (Phi) is 6.80. The second-order valence-corrected chi connectivity index (χ2v) is 8.70. The molecule has 0 aliphatic rings. The maximum absolute atomic E-state index is 13.6. The fourth-order valence-electron chi connectivity index (χ4n) is 3.28. The Hall–Kier alpha value is -3.13. The van der Waals surface area contributed by atoms with Gasteiger partial charge in [-0.15, -0.1) is 11.3 Å². The molecular formula is C23H24FN3O3S. The van der Waals surface area contributed by atoms with Crippen LogP contribution in [0.3, 0.4) is 0 Å². The van der Waals surface area contributed by atoms with Crippen LogP contribution in [0.1, 0.15) is 48.6 Å². The molecule has 0 N–H and O–H groups in total. The van der Waals surface area contributed by atoms with Crippen LogP contribution in [-0.4, -0.2) is 39.6 Å². The number of hydrogen-bond donors (Lipinski definition) is 0. The Morgan fingerprint density at radius 3 is 2.42 bits per heavy atom. The minimum absolute atomic E-state index is 0.100. The van der Waals surface area contributed by atoms with Gasteiger partial charge in [0, 0.05) is 17.6 Å². The topological polar surface area (TPSA) is 71.9 Å². The number of fused-ring (bicyclic) bond motifs is 1. The maximum Gasteiger partial charge on any atom is 0.436 e. The molecule has 0 aliphatic heterocycles. The number of Topliss-reactive ketones (excluding diaryl/α,β-unsaturated/α-hetero) is 1. The molecule has 2 aromatic carbocycles. The van der Waals surface area contributed by atoms with E-state index in [-0.39, 0.29) is 22.8 Å². The molecule has 162 valence electrons. The van der Waals surface area contributed by atoms with Crippen molar-refractivity contribution >= 4 is 39.1 Å². The number of carbonyl (C=O) groups excluding carboxylic acids is 2. The molecule has 1 amide bonds. The van der Waals surface area contributed by atoms with Crippen molar-refractivity contribution in [1.29, 1.82) is 0 Å². The largest absolute Gasteiger partial charge is 0.436 e. The van der Waals surface area contributed by atoms with Crippen molar-refractivity contribution < 1.29 is 18.8 Å². The minimum atomic E-state index is -0.660. The number of benzene rings is 2. The highest BCUT2D eigenvalue weighted by Crippen LogP contribution is 2.25. The van der Waals surface area contributed by atoms with Gasteiger partial charge in [-0.05, 0) is 58.4 Å². The summed E-state index contributed by atoms with van der Waals surface area (Å²) in [5.41, 5.74) is 1.61. The third-order valence-corrected chi connectivity index (χ3v) is 5.72. The van der Waals surface area contributed by atoms with Gasteiger partial charge in [0.05, 0.1) is 10.2 Å². The number of hydrogen-bond acceptors (Lipinski definition) is 6. The standard InChI is InChI=1S/C23H24FN3O3S/c1-13(2)27(14(3)4)23(29)30-26-20(21(28)17-9-7-6-8-15(17)5)22-25-18-11-10-16(24)12-19(18)31-22/h6-14H,1-5H3/b26-20+. The Morgan fingerprint density at radius 1 is 1.10 bits per heavy atom. The summed E-state index contributed by atoms with van der Waals surface area (Å²) in [6.45, 7) is 9.28. The van der Waals surface area contributed by atoms with Crippen LogP contribution in [0.4, 0.5) is 9.18 Å². The molecule has 0 fully saturated rings. The molecule has 1 heterocycles. The van der Waals surface area contributed by atoms with Gasteiger partial charge in [0.2, 0.25) is 5.78 Å². The van der Waals surface area contributed by atoms with Gasteiger partial charge in [0.15, 0.2) is 10.7 Å². The Morgan fingerprint density at radius 2 is 1.77 bits per heavy atom. The summed E-state index contributed by atoms with van der Waals surface area (Å²) < 4.78 is 14.2. The summed E-state index contributed by atoms with van der Waals surface area (Å²) in [6, 6.07) is 11.0. The van der Waals surface area contributed by atoms with E-state index < -0.39 is 17.7 Å². The van der Waals surface area contributed by atoms with Gasteiger partial charge in [-0.3, -0.25) is 9.63 Å². The number of ketones is 1. The number of thiazole rings is 1. The Bertz CT molecular complexity index is 1150. The van der Waals surface area contributed by atoms with Crippen LogP contribution in [0.5, 0.6) is 0 Å². The quantitative estimate of drug-likeness (QED) is 0.216. The first-order chi connectivity index (χ1) is 14.7. The van der Waals surface area contributed by atoms with Gasteiger partial charge in [0.25, 0.3) is 0 Å². The summed E-state index contributed by atoms with van der Waals surface area (Å²) in [5, 5.41) is 4.20. The Balaban J connectivity index is 2.05. The molecule has 0 aliphatic carbocycles. The highest BCUT2D eigenvalue weighted by Gasteiger charge is 2.26. The zero-order chi connectivity index (χ0) is 22.7. The molecule has 0 unspecified atom stereocenters. The number of aryl methyl sites for hydroxylation is 1. The first kappa shape index (κ1) is 22.6. The molecule has 0 radical (unpaired) electrons. The average molecular weight is 442 g/mol. The molecule has 6 nitrogen and oxygen atoms in total. The van der Waals surface area contributed by atoms with Crippen molar-refractivity contribution in [3.8, 4) is 0 Å². The highest BCUT2D eigenvalue weighted by atomic mass is 32.1. The number of oxime groups is 1. The van der Waals surface area contributed by atoms with Crippen LogP contribution >= 0.6 is 11.3 Å². The van der Waals surface area contributed by atoms with Crippen molar-refractivity contribution in [3.05, 3.63) is 64.4 Å². The van der Waals surface area contributed by atoms with Crippen molar-refractivity contribution in [2.75, 3.05) is 0 Å². The van der Waals surface area contributed by atoms with E-state index in [4.69, 9.17) is 4.84 Å². The minimum Gasteiger partial charge on any atom is -0.301 e. The number of amides is 1. The second-order valence-electron chi connectivity index (χ2n) is 7.67. The van der Waals surface area contributed by atoms with Crippen LogP contribution in [0, 0.1) is 12.7 Å². The van der Waals surface area contributed by atoms with Gasteiger partial charge < -0.3 is 4.90 Å². The van der Waals surface area contributed by atoms with E-state index in [1.807, 2.05) is 46.8 Å². The summed E-state index contributed by atoms with van der Waals surface area (Å²) in [6.07, 6.45) is -0.660. The van der Waals surface area contributed by atoms with Crippen LogP contribution in [-0.2, 0) is 4.84 Å². The average Bonchev–Trinajstić information content (AvgIpc) is 3.10. The smallest absolute Gasteiger partial charge is 0.301 e. The third-order valence-electron chi connectivity index (χ3n) is 4.70. The SMILES string of the molecule is Cc1ccccc1C(=O)/C(=N\OC(=O)N(C(C)C)C(C)C)c1nc2ccc(F)cc2s1. The summed E-state index contributed by atoms with van der Waals surface area (Å²) in [4.78, 5) is 37.1. The van der Waals surface area contributed by atoms with Crippen molar-refractivity contribution in [2.24, 2.45) is 5.16 Å². The predicted octanol–water partition coefficient (Wildman–Crippen LogP) is 5.59. The van der Waals surface area contributed by atoms with E-state index in [0.717, 1.165) is 16.9 Å². The van der Waals surface area contributed by atoms with E-state index in [9.17, 15) is 14.0 Å². The molecular weight excluding hydrogens is 417 g/mol. The molecule has 3 rings (SSSR count). The molecule has 8 heteroatoms. The highest BCUT2D eigenvalue weighted by molar-refractivity contribution is 7.21. The maximum atomic E-state index is 13.6. The van der Waals surface area contributed by atoms with E-state index in [2.05, 4.69) is 10.1 Å². The lowest BCUT2D eigenvalue weighted by molar-refractivity contribution is 0.0812. The van der Waals surface area contributed by atoms with Crippen molar-refractivity contribution in [3.63, 3.8) is 0 Å². The number of carbonyl (C=O) groups is 2. The molecule has 31 heavy (non-hydrogen) atoms. The normalized spacial score (nSPS) is 11.9. The van der Waals surface area contributed by atoms with Gasteiger partial charge in [-0.1, -0.05) is 29.4 Å². The lowest BCUT2D eigenvalue weighted by Crippen LogP contribution is -2.42. The van der Waals surface area contributed by atoms with Gasteiger partial charge in [-0.25, -0.2) is 14.2 Å². The zero-order valence-electron chi connectivity index (χ0n) is 18.0. The number of nitrogens with zero attached hydrogens (tertiary/aromatic N) is 3. The molecule has 0 atom stereocenters. The lowest BCUT2D eigenvalue weighted by atomic mass is 10.0. The van der Waals surface area contributed by atoms with E-state index in [1.54, 1.807) is 12.1 Å². The summed E-state index contributed by atoms with van der Waals surface area (Å²) in [5.74, 6) is -0.826. The van der Waals surface area contributed by atoms with E-state index in [1.165, 1.54) is 23.1 Å². The second kappa shape index (κ2) is 9.34. The lowest BCUT2D eigenvalue weighted by Gasteiger charge is -2.28. The fourth-order valence-corrected chi connectivity index (χ4v) is 4.25. The van der Waals surface area contributed by atoms with E-state index in [0.29, 0.717) is 15.8 Å². The van der Waals surface area contributed by atoms with Crippen molar-refractivity contribution in [1.82, 2.24) is 9.88 Å². The Labute approximate surface area is 184 Å². The number of halogens is 1. The van der Waals surface area contributed by atoms with Gasteiger partial charge in [0.1, 0.15) is 5.82 Å². The molecule has 0 bridgehead atoms. The van der Waals surface area contributed by atoms with E-state index >= 15 is 0 Å². The molecule has 1 aromatic heterocycles. The molecule has 0 saturated heterocycles. The predicted molar refractivity (Wildman–Crippen MR) is 120 cm³/mol. The monoisotopic (exact) mass is 441 g/mol. The first-order valence-electron chi connectivity index (χ1n) is 9.93. The van der Waals surface area contributed by atoms with Gasteiger partial charge >= 0.3 is 6.09 Å². The van der Waals surface area contributed by atoms with Crippen molar-refractivity contribution in [2.45, 2.75) is 46.7 Å². The number of aromatic nitrogens is 1. The van der Waals surface area contributed by atoms with Crippen LogP contribution < -0.4 is 0 Å². The summed E-state index contributed by atoms with van der Waals surface area (Å²) >= 11 is 1.11. The molecule has 0 spiro atoms. The first-order valence-corrected chi connectivity index (χ1v) is 10.7. The third kappa shape index (κ3) is 4.96. The van der Waals surface area contributed by atoms with Crippen LogP contribution in [0.2, 0.25) is 0 Å². The molecule has 3 aromatic rings. The number of rotatable bonds is 6.